The third-order valence-electron chi connectivity index (χ3n) is 2.93. The van der Waals surface area contributed by atoms with E-state index in [0.29, 0.717) is 0 Å². The Labute approximate surface area is 126 Å². The minimum Gasteiger partial charge on any atom is -0.415 e. The zero-order valence-electron chi connectivity index (χ0n) is 11.7. The fourth-order valence-electron chi connectivity index (χ4n) is 1.97. The smallest absolute Gasteiger partial charge is 0.415 e. The topological polar surface area (TPSA) is 38.3 Å². The molecule has 0 aromatic heterocycles. The Morgan fingerprint density at radius 3 is 2.35 bits per heavy atom. The maximum Gasteiger partial charge on any atom is 0.445 e. The van der Waals surface area contributed by atoms with E-state index in [1.807, 2.05) is 0 Å². The molecule has 0 spiro atoms. The third kappa shape index (κ3) is 2.69. The Morgan fingerprint density at radius 2 is 1.83 bits per heavy atom. The number of amides is 1. The van der Waals surface area contributed by atoms with E-state index in [4.69, 9.17) is 0 Å². The fourth-order valence-corrected chi connectivity index (χ4v) is 1.97. The number of hydrogen-bond donors (Lipinski definition) is 1. The standard InChI is InChI=1S/C14H9F6NO2/c1-6(2)3-4-13(14(18,19)20)9-10(17)7(15)5-8(16)11(9)21-12(22)23-13/h5-6H,1-2H3,(H,21,22). The predicted molar refractivity (Wildman–Crippen MR) is 66.8 cm³/mol. The van der Waals surface area contributed by atoms with Gasteiger partial charge in [0.25, 0.3) is 5.60 Å². The molecule has 3 nitrogen and oxygen atoms in total. The van der Waals surface area contributed by atoms with Crippen molar-refractivity contribution in [3.63, 3.8) is 0 Å². The summed E-state index contributed by atoms with van der Waals surface area (Å²) in [5.74, 6) is -2.31. The van der Waals surface area contributed by atoms with Crippen LogP contribution in [0.2, 0.25) is 0 Å². The van der Waals surface area contributed by atoms with Crippen molar-refractivity contribution in [1.29, 1.82) is 0 Å². The third-order valence-corrected chi connectivity index (χ3v) is 2.93. The van der Waals surface area contributed by atoms with Gasteiger partial charge in [0, 0.05) is 12.0 Å². The molecule has 124 valence electrons. The van der Waals surface area contributed by atoms with Gasteiger partial charge in [-0.2, -0.15) is 13.2 Å². The molecule has 0 fully saturated rings. The van der Waals surface area contributed by atoms with Gasteiger partial charge in [0.15, 0.2) is 11.6 Å². The number of alkyl halides is 3. The van der Waals surface area contributed by atoms with Crippen molar-refractivity contribution < 1.29 is 35.9 Å². The number of nitrogens with one attached hydrogen (secondary N) is 1. The van der Waals surface area contributed by atoms with Gasteiger partial charge in [-0.05, 0) is 5.92 Å². The van der Waals surface area contributed by atoms with E-state index in [1.54, 1.807) is 11.2 Å². The largest absolute Gasteiger partial charge is 0.445 e. The van der Waals surface area contributed by atoms with Crippen molar-refractivity contribution in [2.45, 2.75) is 25.6 Å². The lowest BCUT2D eigenvalue weighted by molar-refractivity contribution is -0.240. The number of fused-ring (bicyclic) bond motifs is 1. The van der Waals surface area contributed by atoms with Gasteiger partial charge in [0.2, 0.25) is 0 Å². The van der Waals surface area contributed by atoms with Gasteiger partial charge < -0.3 is 4.74 Å². The number of anilines is 1. The average Bonchev–Trinajstić information content (AvgIpc) is 2.40. The van der Waals surface area contributed by atoms with Gasteiger partial charge in [-0.15, -0.1) is 0 Å². The predicted octanol–water partition coefficient (Wildman–Crippen LogP) is 4.08. The molecule has 2 rings (SSSR count). The van der Waals surface area contributed by atoms with Crippen molar-refractivity contribution >= 4 is 11.8 Å². The lowest BCUT2D eigenvalue weighted by Crippen LogP contribution is -2.50. The van der Waals surface area contributed by atoms with E-state index in [-0.39, 0.29) is 6.07 Å². The SMILES string of the molecule is CC(C)C#CC1(C(F)(F)F)OC(=O)Nc2c(F)cc(F)c(F)c21. The van der Waals surface area contributed by atoms with E-state index < -0.39 is 52.5 Å². The molecule has 1 aliphatic heterocycles. The normalized spacial score (nSPS) is 20.3. The molecule has 0 saturated carbocycles. The summed E-state index contributed by atoms with van der Waals surface area (Å²) in [6.07, 6.45) is -7.11. The summed E-state index contributed by atoms with van der Waals surface area (Å²) in [6.45, 7) is 2.87. The number of halogens is 6. The van der Waals surface area contributed by atoms with Gasteiger partial charge in [0.05, 0.1) is 11.3 Å². The average molecular weight is 337 g/mol. The van der Waals surface area contributed by atoms with E-state index in [1.165, 1.54) is 13.8 Å². The summed E-state index contributed by atoms with van der Waals surface area (Å²) in [5.41, 5.74) is -6.51. The highest BCUT2D eigenvalue weighted by Gasteiger charge is 2.64. The quantitative estimate of drug-likeness (QED) is 0.440. The molecule has 23 heavy (non-hydrogen) atoms. The lowest BCUT2D eigenvalue weighted by Gasteiger charge is -2.36. The molecular weight excluding hydrogens is 328 g/mol. The van der Waals surface area contributed by atoms with Crippen LogP contribution in [0.1, 0.15) is 19.4 Å². The number of hydrogen-bond acceptors (Lipinski definition) is 2. The molecule has 1 atom stereocenters. The molecular formula is C14H9F6NO2. The summed E-state index contributed by atoms with van der Waals surface area (Å²) in [4.78, 5) is 11.4. The van der Waals surface area contributed by atoms with Crippen molar-refractivity contribution in [2.24, 2.45) is 5.92 Å². The Bertz CT molecular complexity index is 731. The molecule has 1 unspecified atom stereocenters. The van der Waals surface area contributed by atoms with E-state index in [2.05, 4.69) is 10.7 Å². The fraction of sp³-hybridized carbons (Fsp3) is 0.357. The van der Waals surface area contributed by atoms with Crippen molar-refractivity contribution in [3.8, 4) is 11.8 Å². The summed E-state index contributed by atoms with van der Waals surface area (Å²) in [6, 6.07) is 0.0246. The van der Waals surface area contributed by atoms with E-state index >= 15 is 0 Å². The molecule has 1 N–H and O–H groups in total. The maximum absolute atomic E-state index is 14.0. The van der Waals surface area contributed by atoms with Crippen molar-refractivity contribution in [3.05, 3.63) is 29.1 Å². The second-order valence-electron chi connectivity index (χ2n) is 5.02. The minimum atomic E-state index is -5.43. The number of carbonyl (C=O) groups is 1. The Hall–Kier alpha value is -2.37. The minimum absolute atomic E-state index is 0.0246. The van der Waals surface area contributed by atoms with E-state index in [9.17, 15) is 31.1 Å². The van der Waals surface area contributed by atoms with Gasteiger partial charge in [-0.1, -0.05) is 19.8 Å². The number of carbonyl (C=O) groups excluding carboxylic acids is 1. The Morgan fingerprint density at radius 1 is 1.22 bits per heavy atom. The summed E-state index contributed by atoms with van der Waals surface area (Å²) in [7, 11) is 0. The van der Waals surface area contributed by atoms with Crippen LogP contribution in [0, 0.1) is 35.2 Å². The highest BCUT2D eigenvalue weighted by atomic mass is 19.4. The highest BCUT2D eigenvalue weighted by Crippen LogP contribution is 2.49. The van der Waals surface area contributed by atoms with Crippen molar-refractivity contribution in [1.82, 2.24) is 0 Å². The summed E-state index contributed by atoms with van der Waals surface area (Å²) >= 11 is 0. The first-order chi connectivity index (χ1) is 10.5. The first-order valence-corrected chi connectivity index (χ1v) is 6.27. The van der Waals surface area contributed by atoms with Crippen LogP contribution in [0.3, 0.4) is 0 Å². The summed E-state index contributed by atoms with van der Waals surface area (Å²) < 4.78 is 85.9. The molecule has 0 bridgehead atoms. The Kier molecular flexibility index (Phi) is 3.96. The zero-order valence-corrected chi connectivity index (χ0v) is 11.7. The monoisotopic (exact) mass is 337 g/mol. The van der Waals surface area contributed by atoms with Crippen LogP contribution >= 0.6 is 0 Å². The lowest BCUT2D eigenvalue weighted by atomic mass is 9.89. The molecule has 1 aromatic rings. The molecule has 0 saturated heterocycles. The number of benzene rings is 1. The first-order valence-electron chi connectivity index (χ1n) is 6.27. The number of ether oxygens (including phenoxy) is 1. The molecule has 9 heteroatoms. The molecule has 0 radical (unpaired) electrons. The van der Waals surface area contributed by atoms with E-state index in [0.717, 1.165) is 0 Å². The van der Waals surface area contributed by atoms with Gasteiger partial charge in [-0.3, -0.25) is 5.32 Å². The second kappa shape index (κ2) is 5.37. The zero-order chi connectivity index (χ0) is 17.6. The van der Waals surface area contributed by atoms with Crippen LogP contribution in [0.5, 0.6) is 0 Å². The van der Waals surface area contributed by atoms with Gasteiger partial charge in [-0.25, -0.2) is 18.0 Å². The van der Waals surface area contributed by atoms with Crippen LogP contribution in [-0.4, -0.2) is 12.3 Å². The van der Waals surface area contributed by atoms with Crippen LogP contribution in [0.4, 0.5) is 36.8 Å². The maximum atomic E-state index is 14.0. The van der Waals surface area contributed by atoms with Gasteiger partial charge in [0.1, 0.15) is 5.82 Å². The van der Waals surface area contributed by atoms with Crippen LogP contribution < -0.4 is 5.32 Å². The van der Waals surface area contributed by atoms with Crippen molar-refractivity contribution in [2.75, 3.05) is 5.32 Å². The van der Waals surface area contributed by atoms with Crippen LogP contribution in [0.25, 0.3) is 0 Å². The second-order valence-corrected chi connectivity index (χ2v) is 5.02. The molecule has 1 heterocycles. The molecule has 1 aromatic carbocycles. The van der Waals surface area contributed by atoms with Crippen LogP contribution in [-0.2, 0) is 10.3 Å². The number of rotatable bonds is 0. The first kappa shape index (κ1) is 17.0. The molecule has 0 aliphatic carbocycles. The highest BCUT2D eigenvalue weighted by molar-refractivity contribution is 5.90. The summed E-state index contributed by atoms with van der Waals surface area (Å²) in [5, 5.41) is 1.60. The van der Waals surface area contributed by atoms with Crippen LogP contribution in [0.15, 0.2) is 6.07 Å². The molecule has 1 amide bonds. The molecule has 1 aliphatic rings. The Balaban J connectivity index is 2.92. The van der Waals surface area contributed by atoms with Gasteiger partial charge >= 0.3 is 12.3 Å². The number of cyclic esters (lactones) is 1.